The van der Waals surface area contributed by atoms with Gasteiger partial charge in [0.25, 0.3) is 0 Å². The Balaban J connectivity index is 2.66. The molecule has 78 valence electrons. The van der Waals surface area contributed by atoms with Gasteiger partial charge < -0.3 is 0 Å². The lowest BCUT2D eigenvalue weighted by molar-refractivity contribution is 0.172. The average Bonchev–Trinajstić information content (AvgIpc) is 2.26. The molecule has 0 bridgehead atoms. The summed E-state index contributed by atoms with van der Waals surface area (Å²) in [6.45, 7) is 9.67. The van der Waals surface area contributed by atoms with E-state index in [2.05, 4.69) is 27.7 Å². The summed E-state index contributed by atoms with van der Waals surface area (Å²) >= 11 is 0. The van der Waals surface area contributed by atoms with Crippen LogP contribution in [0, 0.1) is 23.7 Å². The van der Waals surface area contributed by atoms with Crippen molar-refractivity contribution in [2.45, 2.75) is 59.8 Å². The average molecular weight is 182 g/mol. The van der Waals surface area contributed by atoms with Crippen LogP contribution in [-0.2, 0) is 0 Å². The van der Waals surface area contributed by atoms with Crippen molar-refractivity contribution < 1.29 is 0 Å². The highest BCUT2D eigenvalue weighted by atomic mass is 14.3. The Labute approximate surface area is 84.1 Å². The van der Waals surface area contributed by atoms with E-state index in [1.165, 1.54) is 32.1 Å². The van der Waals surface area contributed by atoms with Gasteiger partial charge in [-0.1, -0.05) is 59.8 Å². The summed E-state index contributed by atoms with van der Waals surface area (Å²) in [5.74, 6) is 3.86. The maximum absolute atomic E-state index is 2.47. The van der Waals surface area contributed by atoms with Gasteiger partial charge in [-0.15, -0.1) is 0 Å². The second kappa shape index (κ2) is 5.02. The number of rotatable bonds is 2. The molecule has 1 aliphatic carbocycles. The molecule has 1 saturated carbocycles. The van der Waals surface area contributed by atoms with Gasteiger partial charge in [0.15, 0.2) is 0 Å². The quantitative estimate of drug-likeness (QED) is 0.552. The number of hydrogen-bond acceptors (Lipinski definition) is 0. The lowest BCUT2D eigenvalue weighted by Gasteiger charge is -2.32. The molecule has 3 atom stereocenters. The van der Waals surface area contributed by atoms with Crippen LogP contribution in [-0.4, -0.2) is 0 Å². The SMILES string of the molecule is CCC1CCCCC(C)C1C(C)C. The van der Waals surface area contributed by atoms with Gasteiger partial charge in [0.2, 0.25) is 0 Å². The van der Waals surface area contributed by atoms with Gasteiger partial charge in [0.1, 0.15) is 0 Å². The van der Waals surface area contributed by atoms with E-state index in [-0.39, 0.29) is 0 Å². The van der Waals surface area contributed by atoms with Crippen molar-refractivity contribution in [1.29, 1.82) is 0 Å². The normalized spacial score (nSPS) is 36.2. The molecule has 0 aromatic carbocycles. The lowest BCUT2D eigenvalue weighted by atomic mass is 9.73. The predicted molar refractivity (Wildman–Crippen MR) is 59.7 cm³/mol. The van der Waals surface area contributed by atoms with E-state index >= 15 is 0 Å². The third-order valence-corrected chi connectivity index (χ3v) is 3.98. The van der Waals surface area contributed by atoms with E-state index in [1.807, 2.05) is 0 Å². The Morgan fingerprint density at radius 2 is 1.77 bits per heavy atom. The highest BCUT2D eigenvalue weighted by Gasteiger charge is 2.29. The Morgan fingerprint density at radius 3 is 2.31 bits per heavy atom. The molecule has 0 N–H and O–H groups in total. The van der Waals surface area contributed by atoms with Gasteiger partial charge in [-0.05, 0) is 23.7 Å². The van der Waals surface area contributed by atoms with E-state index in [0.29, 0.717) is 0 Å². The van der Waals surface area contributed by atoms with Crippen molar-refractivity contribution in [2.24, 2.45) is 23.7 Å². The monoisotopic (exact) mass is 182 g/mol. The largest absolute Gasteiger partial charge is 0.0651 e. The molecule has 0 amide bonds. The van der Waals surface area contributed by atoms with Crippen molar-refractivity contribution in [3.63, 3.8) is 0 Å². The topological polar surface area (TPSA) is 0 Å². The van der Waals surface area contributed by atoms with Crippen molar-refractivity contribution in [3.8, 4) is 0 Å². The van der Waals surface area contributed by atoms with Gasteiger partial charge in [-0.25, -0.2) is 0 Å². The molecule has 0 nitrogen and oxygen atoms in total. The van der Waals surface area contributed by atoms with Crippen LogP contribution >= 0.6 is 0 Å². The third kappa shape index (κ3) is 2.72. The molecule has 13 heavy (non-hydrogen) atoms. The Bertz CT molecular complexity index is 137. The Hall–Kier alpha value is 0. The molecule has 0 radical (unpaired) electrons. The van der Waals surface area contributed by atoms with E-state index in [4.69, 9.17) is 0 Å². The Morgan fingerprint density at radius 1 is 1.15 bits per heavy atom. The minimum atomic E-state index is 0.887. The molecule has 0 heteroatoms. The fraction of sp³-hybridized carbons (Fsp3) is 1.00. The van der Waals surface area contributed by atoms with Crippen LogP contribution in [0.2, 0.25) is 0 Å². The fourth-order valence-corrected chi connectivity index (χ4v) is 3.40. The summed E-state index contributed by atoms with van der Waals surface area (Å²) in [7, 11) is 0. The van der Waals surface area contributed by atoms with Gasteiger partial charge >= 0.3 is 0 Å². The molecule has 0 aliphatic heterocycles. The summed E-state index contributed by atoms with van der Waals surface area (Å²) in [5.41, 5.74) is 0. The van der Waals surface area contributed by atoms with Crippen molar-refractivity contribution in [1.82, 2.24) is 0 Å². The summed E-state index contributed by atoms with van der Waals surface area (Å²) in [4.78, 5) is 0. The van der Waals surface area contributed by atoms with Crippen LogP contribution in [0.5, 0.6) is 0 Å². The molecule has 1 aliphatic rings. The zero-order valence-electron chi connectivity index (χ0n) is 9.84. The highest BCUT2D eigenvalue weighted by Crippen LogP contribution is 2.39. The first-order chi connectivity index (χ1) is 6.16. The van der Waals surface area contributed by atoms with Crippen molar-refractivity contribution in [2.75, 3.05) is 0 Å². The second-order valence-electron chi connectivity index (χ2n) is 5.25. The molecule has 0 spiro atoms. The number of hydrogen-bond donors (Lipinski definition) is 0. The molecular weight excluding hydrogens is 156 g/mol. The zero-order chi connectivity index (χ0) is 9.84. The molecule has 3 unspecified atom stereocenters. The lowest BCUT2D eigenvalue weighted by Crippen LogP contribution is -2.24. The van der Waals surface area contributed by atoms with Crippen LogP contribution in [0.3, 0.4) is 0 Å². The highest BCUT2D eigenvalue weighted by molar-refractivity contribution is 4.79. The standard InChI is InChI=1S/C13H26/c1-5-12-9-7-6-8-11(4)13(12)10(2)3/h10-13H,5-9H2,1-4H3. The van der Waals surface area contributed by atoms with Crippen molar-refractivity contribution in [3.05, 3.63) is 0 Å². The first-order valence-electron chi connectivity index (χ1n) is 6.16. The van der Waals surface area contributed by atoms with Gasteiger partial charge in [0.05, 0.1) is 0 Å². The molecular formula is C13H26. The molecule has 0 aromatic heterocycles. The smallest absolute Gasteiger partial charge is 0.0337 e. The molecule has 0 saturated heterocycles. The summed E-state index contributed by atoms with van der Waals surface area (Å²) in [6.07, 6.45) is 7.31. The maximum Gasteiger partial charge on any atom is -0.0337 e. The van der Waals surface area contributed by atoms with Gasteiger partial charge in [-0.2, -0.15) is 0 Å². The molecule has 0 heterocycles. The third-order valence-electron chi connectivity index (χ3n) is 3.98. The maximum atomic E-state index is 2.47. The second-order valence-corrected chi connectivity index (χ2v) is 5.25. The Kier molecular flexibility index (Phi) is 4.28. The molecule has 1 fully saturated rings. The molecule has 0 aromatic rings. The zero-order valence-corrected chi connectivity index (χ0v) is 9.84. The van der Waals surface area contributed by atoms with Crippen LogP contribution in [0.1, 0.15) is 59.8 Å². The summed E-state index contributed by atoms with van der Waals surface area (Å²) < 4.78 is 0. The minimum Gasteiger partial charge on any atom is -0.0651 e. The fourth-order valence-electron chi connectivity index (χ4n) is 3.40. The van der Waals surface area contributed by atoms with Crippen molar-refractivity contribution >= 4 is 0 Å². The van der Waals surface area contributed by atoms with E-state index in [9.17, 15) is 0 Å². The summed E-state index contributed by atoms with van der Waals surface area (Å²) in [5, 5.41) is 0. The first-order valence-corrected chi connectivity index (χ1v) is 6.16. The predicted octanol–water partition coefficient (Wildman–Crippen LogP) is 4.49. The first kappa shape index (κ1) is 11.1. The van der Waals surface area contributed by atoms with E-state index < -0.39 is 0 Å². The van der Waals surface area contributed by atoms with Crippen LogP contribution in [0.4, 0.5) is 0 Å². The van der Waals surface area contributed by atoms with E-state index in [1.54, 1.807) is 0 Å². The minimum absolute atomic E-state index is 0.887. The van der Waals surface area contributed by atoms with Crippen LogP contribution < -0.4 is 0 Å². The molecule has 1 rings (SSSR count). The van der Waals surface area contributed by atoms with E-state index in [0.717, 1.165) is 23.7 Å². The van der Waals surface area contributed by atoms with Gasteiger partial charge in [-0.3, -0.25) is 0 Å². The van der Waals surface area contributed by atoms with Crippen LogP contribution in [0.15, 0.2) is 0 Å². The summed E-state index contributed by atoms with van der Waals surface area (Å²) in [6, 6.07) is 0. The van der Waals surface area contributed by atoms with Crippen LogP contribution in [0.25, 0.3) is 0 Å². The van der Waals surface area contributed by atoms with Gasteiger partial charge in [0, 0.05) is 0 Å².